The zero-order chi connectivity index (χ0) is 25.6. The first kappa shape index (κ1) is 24.4. The Bertz CT molecular complexity index is 1350. The monoisotopic (exact) mass is 496 g/mol. The second-order valence-electron chi connectivity index (χ2n) is 9.37. The van der Waals surface area contributed by atoms with E-state index in [-0.39, 0.29) is 30.1 Å². The van der Waals surface area contributed by atoms with Gasteiger partial charge in [-0.2, -0.15) is 0 Å². The molecule has 2 amide bonds. The molecule has 1 aliphatic carbocycles. The first-order valence-corrected chi connectivity index (χ1v) is 12.6. The topological polar surface area (TPSA) is 67.2 Å². The first-order valence-electron chi connectivity index (χ1n) is 12.6. The lowest BCUT2D eigenvalue weighted by molar-refractivity contribution is -0.138. The van der Waals surface area contributed by atoms with Gasteiger partial charge in [0.1, 0.15) is 12.4 Å². The molecule has 1 N–H and O–H groups in total. The zero-order valence-electron chi connectivity index (χ0n) is 20.5. The van der Waals surface area contributed by atoms with Gasteiger partial charge >= 0.3 is 0 Å². The summed E-state index contributed by atoms with van der Waals surface area (Å²) < 4.78 is 15.3. The lowest BCUT2D eigenvalue weighted by Gasteiger charge is -2.25. The van der Waals surface area contributed by atoms with Crippen LogP contribution < -0.4 is 5.32 Å². The molecule has 7 heteroatoms. The summed E-state index contributed by atoms with van der Waals surface area (Å²) in [6.07, 6.45) is 5.62. The first-order chi connectivity index (χ1) is 18.1. The summed E-state index contributed by atoms with van der Waals surface area (Å²) in [7, 11) is 0. The van der Waals surface area contributed by atoms with E-state index in [1.54, 1.807) is 21.6 Å². The van der Waals surface area contributed by atoms with Gasteiger partial charge < -0.3 is 4.90 Å². The molecule has 0 unspecified atom stereocenters. The number of hydrogen-bond donors (Lipinski definition) is 1. The van der Waals surface area contributed by atoms with Crippen LogP contribution in [0.15, 0.2) is 91.1 Å². The van der Waals surface area contributed by atoms with E-state index in [4.69, 9.17) is 0 Å². The molecule has 0 bridgehead atoms. The van der Waals surface area contributed by atoms with E-state index in [0.717, 1.165) is 36.8 Å². The number of nitrogens with zero attached hydrogens (tertiary/aromatic N) is 3. The highest BCUT2D eigenvalue weighted by Crippen LogP contribution is 2.28. The van der Waals surface area contributed by atoms with Crippen LogP contribution in [0.5, 0.6) is 0 Å². The summed E-state index contributed by atoms with van der Waals surface area (Å²) in [5.74, 6) is -0.398. The SMILES string of the molecule is O=C(CN(Cc1ccccc1)C(=O)C1CCCC1)Nc1nc(-c2ccccc2)cn1-c1ccc(F)cc1. The number of anilines is 1. The quantitative estimate of drug-likeness (QED) is 0.333. The molecule has 1 saturated carbocycles. The Balaban J connectivity index is 1.40. The van der Waals surface area contributed by atoms with Crippen molar-refractivity contribution in [3.8, 4) is 16.9 Å². The van der Waals surface area contributed by atoms with Crippen molar-refractivity contribution < 1.29 is 14.0 Å². The number of carbonyl (C=O) groups excluding carboxylic acids is 2. The number of hydrogen-bond acceptors (Lipinski definition) is 3. The third kappa shape index (κ3) is 5.94. The largest absolute Gasteiger partial charge is 0.329 e. The van der Waals surface area contributed by atoms with Gasteiger partial charge in [0.15, 0.2) is 0 Å². The average molecular weight is 497 g/mol. The van der Waals surface area contributed by atoms with E-state index in [0.29, 0.717) is 23.9 Å². The molecule has 0 spiro atoms. The van der Waals surface area contributed by atoms with Gasteiger partial charge in [-0.1, -0.05) is 73.5 Å². The molecule has 1 aliphatic rings. The summed E-state index contributed by atoms with van der Waals surface area (Å²) in [5, 5.41) is 2.90. The molecule has 37 heavy (non-hydrogen) atoms. The van der Waals surface area contributed by atoms with Gasteiger partial charge in [0.05, 0.1) is 5.69 Å². The molecule has 1 heterocycles. The molecular weight excluding hydrogens is 467 g/mol. The van der Waals surface area contributed by atoms with E-state index in [2.05, 4.69) is 10.3 Å². The molecule has 5 rings (SSSR count). The van der Waals surface area contributed by atoms with Crippen molar-refractivity contribution in [3.63, 3.8) is 0 Å². The van der Waals surface area contributed by atoms with Crippen LogP contribution in [0.4, 0.5) is 10.3 Å². The highest BCUT2D eigenvalue weighted by atomic mass is 19.1. The van der Waals surface area contributed by atoms with Gasteiger partial charge in [0.25, 0.3) is 0 Å². The van der Waals surface area contributed by atoms with Crippen molar-refractivity contribution in [2.75, 3.05) is 11.9 Å². The predicted molar refractivity (Wildman–Crippen MR) is 141 cm³/mol. The van der Waals surface area contributed by atoms with Gasteiger partial charge in [-0.05, 0) is 42.7 Å². The normalized spacial score (nSPS) is 13.4. The Labute approximate surface area is 215 Å². The van der Waals surface area contributed by atoms with Crippen molar-refractivity contribution in [1.29, 1.82) is 0 Å². The third-order valence-electron chi connectivity index (χ3n) is 6.70. The fourth-order valence-corrected chi connectivity index (χ4v) is 4.80. The maximum absolute atomic E-state index is 13.6. The molecule has 188 valence electrons. The lowest BCUT2D eigenvalue weighted by Crippen LogP contribution is -2.40. The number of benzene rings is 3. The highest BCUT2D eigenvalue weighted by Gasteiger charge is 2.29. The van der Waals surface area contributed by atoms with E-state index >= 15 is 0 Å². The van der Waals surface area contributed by atoms with Crippen LogP contribution in [0.1, 0.15) is 31.2 Å². The van der Waals surface area contributed by atoms with Gasteiger partial charge in [-0.25, -0.2) is 9.37 Å². The molecule has 6 nitrogen and oxygen atoms in total. The summed E-state index contributed by atoms with van der Waals surface area (Å²) in [4.78, 5) is 32.9. The number of amides is 2. The van der Waals surface area contributed by atoms with Gasteiger partial charge in [-0.15, -0.1) is 0 Å². The van der Waals surface area contributed by atoms with Crippen LogP contribution in [-0.4, -0.2) is 32.8 Å². The van der Waals surface area contributed by atoms with Crippen molar-refractivity contribution in [2.24, 2.45) is 5.92 Å². The van der Waals surface area contributed by atoms with E-state index in [1.165, 1.54) is 12.1 Å². The number of nitrogens with one attached hydrogen (secondary N) is 1. The van der Waals surface area contributed by atoms with Crippen LogP contribution in [0, 0.1) is 11.7 Å². The molecule has 4 aromatic rings. The molecule has 1 aromatic heterocycles. The molecule has 0 aliphatic heterocycles. The number of imidazole rings is 1. The fourth-order valence-electron chi connectivity index (χ4n) is 4.80. The molecule has 0 saturated heterocycles. The fraction of sp³-hybridized carbons (Fsp3) is 0.233. The van der Waals surface area contributed by atoms with Crippen LogP contribution in [-0.2, 0) is 16.1 Å². The van der Waals surface area contributed by atoms with Crippen molar-refractivity contribution in [1.82, 2.24) is 14.5 Å². The van der Waals surface area contributed by atoms with Crippen LogP contribution >= 0.6 is 0 Å². The van der Waals surface area contributed by atoms with E-state index < -0.39 is 0 Å². The minimum atomic E-state index is -0.347. The average Bonchev–Trinajstić information content (AvgIpc) is 3.60. The molecule has 3 aromatic carbocycles. The van der Waals surface area contributed by atoms with Crippen LogP contribution in [0.2, 0.25) is 0 Å². The maximum Gasteiger partial charge on any atom is 0.246 e. The second-order valence-corrected chi connectivity index (χ2v) is 9.37. The van der Waals surface area contributed by atoms with Gasteiger partial charge in [-0.3, -0.25) is 19.5 Å². The Kier molecular flexibility index (Phi) is 7.40. The third-order valence-corrected chi connectivity index (χ3v) is 6.70. The molecule has 0 atom stereocenters. The highest BCUT2D eigenvalue weighted by molar-refractivity contribution is 5.94. The standard InChI is InChI=1S/C30H29FN4O2/c31-25-15-17-26(18-16-25)35-20-27(23-11-5-2-6-12-23)32-30(35)33-28(36)21-34(19-22-9-3-1-4-10-22)29(37)24-13-7-8-14-24/h1-6,9-12,15-18,20,24H,7-8,13-14,19,21H2,(H,32,33,36). The maximum atomic E-state index is 13.6. The smallest absolute Gasteiger partial charge is 0.246 e. The van der Waals surface area contributed by atoms with Crippen molar-refractivity contribution in [2.45, 2.75) is 32.2 Å². The van der Waals surface area contributed by atoms with E-state index in [1.807, 2.05) is 66.9 Å². The number of carbonyl (C=O) groups is 2. The molecule has 1 fully saturated rings. The van der Waals surface area contributed by atoms with Crippen molar-refractivity contribution in [3.05, 3.63) is 103 Å². The zero-order valence-corrected chi connectivity index (χ0v) is 20.5. The lowest BCUT2D eigenvalue weighted by atomic mass is 10.1. The molecule has 0 radical (unpaired) electrons. The predicted octanol–water partition coefficient (Wildman–Crippen LogP) is 5.84. The van der Waals surface area contributed by atoms with Gasteiger partial charge in [0.2, 0.25) is 17.8 Å². The summed E-state index contributed by atoms with van der Waals surface area (Å²) in [5.41, 5.74) is 3.19. The van der Waals surface area contributed by atoms with Crippen LogP contribution in [0.25, 0.3) is 16.9 Å². The number of aromatic nitrogens is 2. The summed E-state index contributed by atoms with van der Waals surface area (Å²) in [6.45, 7) is 0.284. The minimum Gasteiger partial charge on any atom is -0.329 e. The minimum absolute atomic E-state index is 0.0170. The number of halogens is 1. The summed E-state index contributed by atoms with van der Waals surface area (Å²) >= 11 is 0. The van der Waals surface area contributed by atoms with E-state index in [9.17, 15) is 14.0 Å². The Hall–Kier alpha value is -4.26. The Morgan fingerprint density at radius 3 is 2.24 bits per heavy atom. The Morgan fingerprint density at radius 1 is 0.919 bits per heavy atom. The molecular formula is C30H29FN4O2. The second kappa shape index (κ2) is 11.2. The van der Waals surface area contributed by atoms with Crippen molar-refractivity contribution >= 4 is 17.8 Å². The number of rotatable bonds is 8. The Morgan fingerprint density at radius 2 is 1.57 bits per heavy atom. The summed E-state index contributed by atoms with van der Waals surface area (Å²) in [6, 6.07) is 25.3. The van der Waals surface area contributed by atoms with Crippen LogP contribution in [0.3, 0.4) is 0 Å². The van der Waals surface area contributed by atoms with Gasteiger partial charge in [0, 0.05) is 29.9 Å².